The molecule has 13 aromatic rings. The highest BCUT2D eigenvalue weighted by Crippen LogP contribution is 2.56. The van der Waals surface area contributed by atoms with Gasteiger partial charge >= 0.3 is 0 Å². The average molecular weight is 994 g/mol. The molecule has 0 saturated heterocycles. The first-order chi connectivity index (χ1) is 38.2. The molecular formula is C75H51NSi. The Bertz CT molecular complexity index is 4270. The average Bonchev–Trinajstić information content (AvgIpc) is 4.15. The second kappa shape index (κ2) is 18.1. The van der Waals surface area contributed by atoms with Crippen molar-refractivity contribution in [1.29, 1.82) is 0 Å². The molecule has 0 saturated carbocycles. The Kier molecular flexibility index (Phi) is 10.5. The lowest BCUT2D eigenvalue weighted by Crippen LogP contribution is -2.73. The van der Waals surface area contributed by atoms with Crippen LogP contribution in [0.5, 0.6) is 0 Å². The number of rotatable bonds is 9. The minimum absolute atomic E-state index is 0.523. The van der Waals surface area contributed by atoms with E-state index in [-0.39, 0.29) is 0 Å². The zero-order chi connectivity index (χ0) is 50.9. The first kappa shape index (κ1) is 44.8. The maximum atomic E-state index is 2.59. The van der Waals surface area contributed by atoms with E-state index in [1.807, 2.05) is 0 Å². The van der Waals surface area contributed by atoms with Crippen LogP contribution in [0.1, 0.15) is 22.3 Å². The molecule has 0 atom stereocenters. The van der Waals surface area contributed by atoms with Gasteiger partial charge in [0.15, 0.2) is 8.07 Å². The standard InChI is InChI=1S/C75H51NSi/c1-5-23-52(24-6-1)62-38-21-26-54-27-22-39-63(72(54)62)53-43-47-58(48-44-53)76(59-49-45-57(46-50-59)75(56-28-7-2-8-29-56)68-40-18-15-35-65(68)66-36-16-19-41-69(66)75)70-51-55-25-13-14-34-64(55)73-67-37-17-20-42-71(67)77(74(70)73,60-30-9-3-10-31-60)61-32-11-4-12-33-61/h1-51H. The predicted molar refractivity (Wildman–Crippen MR) is 327 cm³/mol. The highest BCUT2D eigenvalue weighted by atomic mass is 28.3. The summed E-state index contributed by atoms with van der Waals surface area (Å²) in [7, 11) is -3.06. The summed E-state index contributed by atoms with van der Waals surface area (Å²) in [5.74, 6) is 0. The summed E-state index contributed by atoms with van der Waals surface area (Å²) < 4.78 is 0. The molecule has 0 unspecified atom stereocenters. The molecule has 1 aliphatic carbocycles. The lowest BCUT2D eigenvalue weighted by Gasteiger charge is -2.37. The highest BCUT2D eigenvalue weighted by molar-refractivity contribution is 7.23. The highest BCUT2D eigenvalue weighted by Gasteiger charge is 2.52. The molecule has 0 bridgehead atoms. The van der Waals surface area contributed by atoms with E-state index in [4.69, 9.17) is 0 Å². The fraction of sp³-hybridized carbons (Fsp3) is 0.0133. The molecule has 0 fully saturated rings. The largest absolute Gasteiger partial charge is 0.311 e. The van der Waals surface area contributed by atoms with Gasteiger partial charge < -0.3 is 4.90 Å². The minimum atomic E-state index is -3.06. The zero-order valence-corrected chi connectivity index (χ0v) is 43.4. The van der Waals surface area contributed by atoms with Crippen LogP contribution < -0.4 is 25.6 Å². The van der Waals surface area contributed by atoms with Gasteiger partial charge in [-0.05, 0) is 139 Å². The van der Waals surface area contributed by atoms with Crippen molar-refractivity contribution in [1.82, 2.24) is 0 Å². The van der Waals surface area contributed by atoms with E-state index in [9.17, 15) is 0 Å². The molecular weight excluding hydrogens is 943 g/mol. The Morgan fingerprint density at radius 2 is 0.753 bits per heavy atom. The van der Waals surface area contributed by atoms with E-state index in [1.165, 1.54) is 115 Å². The van der Waals surface area contributed by atoms with Crippen LogP contribution in [0.3, 0.4) is 0 Å². The summed E-state index contributed by atoms with van der Waals surface area (Å²) in [5.41, 5.74) is 18.0. The number of nitrogens with zero attached hydrogens (tertiary/aromatic N) is 1. The fourth-order valence-corrected chi connectivity index (χ4v) is 19.1. The van der Waals surface area contributed by atoms with Gasteiger partial charge in [0.25, 0.3) is 0 Å². The van der Waals surface area contributed by atoms with Crippen molar-refractivity contribution >= 4 is 67.4 Å². The smallest absolute Gasteiger partial charge is 0.183 e. The summed E-state index contributed by atoms with van der Waals surface area (Å²) in [5, 5.41) is 10.5. The Morgan fingerprint density at radius 3 is 1.36 bits per heavy atom. The third-order valence-corrected chi connectivity index (χ3v) is 21.7. The molecule has 0 spiro atoms. The summed E-state index contributed by atoms with van der Waals surface area (Å²) in [6.07, 6.45) is 0. The van der Waals surface area contributed by atoms with Crippen LogP contribution >= 0.6 is 0 Å². The van der Waals surface area contributed by atoms with Crippen LogP contribution in [0.4, 0.5) is 17.1 Å². The van der Waals surface area contributed by atoms with E-state index in [1.54, 1.807) is 0 Å². The summed E-state index contributed by atoms with van der Waals surface area (Å²) >= 11 is 0. The quantitative estimate of drug-likeness (QED) is 0.130. The molecule has 1 nitrogen and oxygen atoms in total. The molecule has 0 radical (unpaired) electrons. The Hall–Kier alpha value is -9.60. The lowest BCUT2D eigenvalue weighted by atomic mass is 9.68. The zero-order valence-electron chi connectivity index (χ0n) is 42.4. The maximum absolute atomic E-state index is 3.06. The lowest BCUT2D eigenvalue weighted by molar-refractivity contribution is 0.768. The van der Waals surface area contributed by atoms with Gasteiger partial charge in [-0.3, -0.25) is 0 Å². The molecule has 1 aliphatic heterocycles. The number of anilines is 3. The van der Waals surface area contributed by atoms with Crippen molar-refractivity contribution < 1.29 is 0 Å². The normalized spacial score (nSPS) is 13.4. The third-order valence-electron chi connectivity index (χ3n) is 16.8. The van der Waals surface area contributed by atoms with Crippen LogP contribution in [0, 0.1) is 0 Å². The molecule has 13 aromatic carbocycles. The Morgan fingerprint density at radius 1 is 0.312 bits per heavy atom. The van der Waals surface area contributed by atoms with Crippen molar-refractivity contribution in [2.75, 3.05) is 4.90 Å². The molecule has 1 heterocycles. The van der Waals surface area contributed by atoms with E-state index >= 15 is 0 Å². The molecule has 0 amide bonds. The molecule has 0 N–H and O–H groups in total. The second-order valence-electron chi connectivity index (χ2n) is 20.6. The first-order valence-corrected chi connectivity index (χ1v) is 28.8. The van der Waals surface area contributed by atoms with Crippen molar-refractivity contribution in [3.05, 3.63) is 332 Å². The number of benzene rings is 13. The molecule has 77 heavy (non-hydrogen) atoms. The van der Waals surface area contributed by atoms with Crippen molar-refractivity contribution in [3.8, 4) is 44.5 Å². The van der Waals surface area contributed by atoms with Gasteiger partial charge in [0.1, 0.15) is 0 Å². The van der Waals surface area contributed by atoms with Crippen molar-refractivity contribution in [2.45, 2.75) is 5.41 Å². The van der Waals surface area contributed by atoms with E-state index in [2.05, 4.69) is 314 Å². The molecule has 0 aromatic heterocycles. The number of fused-ring (bicyclic) bond motifs is 9. The number of hydrogen-bond donors (Lipinski definition) is 0. The second-order valence-corrected chi connectivity index (χ2v) is 24.3. The van der Waals surface area contributed by atoms with Gasteiger partial charge in [0.05, 0.1) is 5.41 Å². The Labute approximate surface area is 451 Å². The van der Waals surface area contributed by atoms with Gasteiger partial charge in [0.2, 0.25) is 0 Å². The van der Waals surface area contributed by atoms with Crippen LogP contribution in [0.25, 0.3) is 66.1 Å². The van der Waals surface area contributed by atoms with Gasteiger partial charge in [-0.1, -0.05) is 279 Å². The van der Waals surface area contributed by atoms with E-state index in [0.29, 0.717) is 0 Å². The van der Waals surface area contributed by atoms with Crippen LogP contribution in [-0.4, -0.2) is 8.07 Å². The topological polar surface area (TPSA) is 3.24 Å². The fourth-order valence-electron chi connectivity index (χ4n) is 13.7. The van der Waals surface area contributed by atoms with Gasteiger partial charge in [0, 0.05) is 17.1 Å². The summed E-state index contributed by atoms with van der Waals surface area (Å²) in [6.45, 7) is 0. The summed E-state index contributed by atoms with van der Waals surface area (Å²) in [6, 6.07) is 116. The van der Waals surface area contributed by atoms with Crippen LogP contribution in [0.2, 0.25) is 0 Å². The van der Waals surface area contributed by atoms with E-state index < -0.39 is 13.5 Å². The first-order valence-electron chi connectivity index (χ1n) is 26.8. The van der Waals surface area contributed by atoms with Crippen molar-refractivity contribution in [3.63, 3.8) is 0 Å². The Balaban J connectivity index is 1.01. The van der Waals surface area contributed by atoms with Gasteiger partial charge in [-0.15, -0.1) is 0 Å². The van der Waals surface area contributed by atoms with Crippen molar-refractivity contribution in [2.24, 2.45) is 0 Å². The van der Waals surface area contributed by atoms with Crippen LogP contribution in [0.15, 0.2) is 309 Å². The SMILES string of the molecule is c1ccc(-c2cccc3cccc(-c4ccc(N(c5ccc(C6(c7ccccc7)c7ccccc7-c7ccccc76)cc5)c5cc6ccccc6c6c5[Si](c5ccccc5)(c5ccccc5)c5ccccc5-6)cc4)c23)cc1. The van der Waals surface area contributed by atoms with Gasteiger partial charge in [-0.25, -0.2) is 0 Å². The molecule has 15 rings (SSSR count). The maximum Gasteiger partial charge on any atom is 0.183 e. The van der Waals surface area contributed by atoms with Gasteiger partial charge in [-0.2, -0.15) is 0 Å². The van der Waals surface area contributed by atoms with E-state index in [0.717, 1.165) is 11.4 Å². The predicted octanol–water partition coefficient (Wildman–Crippen LogP) is 16.5. The molecule has 360 valence electrons. The number of hydrogen-bond acceptors (Lipinski definition) is 1. The summed E-state index contributed by atoms with van der Waals surface area (Å²) in [4.78, 5) is 2.59. The molecule has 2 aliphatic rings. The molecule has 2 heteroatoms. The third kappa shape index (κ3) is 6.72. The van der Waals surface area contributed by atoms with Crippen LogP contribution in [-0.2, 0) is 5.41 Å². The monoisotopic (exact) mass is 993 g/mol. The minimum Gasteiger partial charge on any atom is -0.311 e.